The Morgan fingerprint density at radius 1 is 1.37 bits per heavy atom. The second-order valence-corrected chi connectivity index (χ2v) is 4.86. The average molecular weight is 375 g/mol. The fourth-order valence-corrected chi connectivity index (χ4v) is 2.22. The van der Waals surface area contributed by atoms with Crippen molar-refractivity contribution in [1.82, 2.24) is 0 Å². The molecule has 4 nitrogen and oxygen atoms in total. The van der Waals surface area contributed by atoms with E-state index < -0.39 is 0 Å². The number of guanidine groups is 1. The molecule has 1 atom stereocenters. The minimum atomic E-state index is 0. The van der Waals surface area contributed by atoms with Crippen molar-refractivity contribution in [2.75, 3.05) is 18.5 Å². The maximum absolute atomic E-state index is 5.87. The second kappa shape index (κ2) is 7.69. The van der Waals surface area contributed by atoms with Crippen molar-refractivity contribution in [1.29, 1.82) is 0 Å². The van der Waals surface area contributed by atoms with E-state index in [1.807, 2.05) is 0 Å². The maximum Gasteiger partial charge on any atom is 0.193 e. The third-order valence-electron chi connectivity index (χ3n) is 2.98. The number of benzene rings is 1. The molecule has 1 aliphatic heterocycles. The van der Waals surface area contributed by atoms with Gasteiger partial charge < -0.3 is 15.8 Å². The quantitative estimate of drug-likeness (QED) is 0.485. The topological polar surface area (TPSA) is 59.6 Å². The normalized spacial score (nSPS) is 19.1. The number of nitrogens with zero attached hydrogens (tertiary/aromatic N) is 1. The second-order valence-electron chi connectivity index (χ2n) is 4.86. The van der Waals surface area contributed by atoms with Crippen molar-refractivity contribution in [2.45, 2.75) is 32.8 Å². The van der Waals surface area contributed by atoms with Gasteiger partial charge >= 0.3 is 0 Å². The highest BCUT2D eigenvalue weighted by atomic mass is 127. The molecule has 0 saturated carbocycles. The summed E-state index contributed by atoms with van der Waals surface area (Å²) in [6.07, 6.45) is 2.45. The van der Waals surface area contributed by atoms with Crippen LogP contribution in [0.5, 0.6) is 0 Å². The lowest BCUT2D eigenvalue weighted by Crippen LogP contribution is -2.24. The Hall–Kier alpha value is -0.820. The summed E-state index contributed by atoms with van der Waals surface area (Å²) >= 11 is 0. The van der Waals surface area contributed by atoms with Gasteiger partial charge in [0.25, 0.3) is 0 Å². The van der Waals surface area contributed by atoms with Crippen LogP contribution in [-0.2, 0) is 4.74 Å². The molecule has 1 aliphatic rings. The Kier molecular flexibility index (Phi) is 6.57. The molecule has 0 bridgehead atoms. The monoisotopic (exact) mass is 375 g/mol. The third-order valence-corrected chi connectivity index (χ3v) is 2.98. The smallest absolute Gasteiger partial charge is 0.193 e. The van der Waals surface area contributed by atoms with Crippen molar-refractivity contribution < 1.29 is 4.74 Å². The first-order valence-corrected chi connectivity index (χ1v) is 6.40. The van der Waals surface area contributed by atoms with E-state index in [1.165, 1.54) is 11.1 Å². The van der Waals surface area contributed by atoms with Gasteiger partial charge in [-0.3, -0.25) is 4.99 Å². The Bertz CT molecular complexity index is 422. The molecule has 19 heavy (non-hydrogen) atoms. The summed E-state index contributed by atoms with van der Waals surface area (Å²) < 4.78 is 5.50. The molecular weight excluding hydrogens is 353 g/mol. The van der Waals surface area contributed by atoms with Gasteiger partial charge in [-0.25, -0.2) is 0 Å². The molecule has 0 aromatic heterocycles. The summed E-state index contributed by atoms with van der Waals surface area (Å²) in [7, 11) is 0. The van der Waals surface area contributed by atoms with Gasteiger partial charge in [0.15, 0.2) is 5.96 Å². The van der Waals surface area contributed by atoms with E-state index in [0.717, 1.165) is 25.1 Å². The van der Waals surface area contributed by atoms with Crippen LogP contribution in [0.1, 0.15) is 24.0 Å². The summed E-state index contributed by atoms with van der Waals surface area (Å²) in [6, 6.07) is 6.24. The van der Waals surface area contributed by atoms with Crippen LogP contribution >= 0.6 is 24.0 Å². The van der Waals surface area contributed by atoms with E-state index in [0.29, 0.717) is 12.5 Å². The molecular formula is C14H22IN3O. The molecule has 1 saturated heterocycles. The van der Waals surface area contributed by atoms with E-state index in [2.05, 4.69) is 42.4 Å². The van der Waals surface area contributed by atoms with E-state index in [-0.39, 0.29) is 30.1 Å². The number of rotatable bonds is 3. The van der Waals surface area contributed by atoms with Crippen molar-refractivity contribution in [3.05, 3.63) is 29.3 Å². The van der Waals surface area contributed by atoms with Gasteiger partial charge in [0, 0.05) is 12.3 Å². The maximum atomic E-state index is 5.87. The summed E-state index contributed by atoms with van der Waals surface area (Å²) in [5.41, 5.74) is 9.28. The lowest BCUT2D eigenvalue weighted by molar-refractivity contribution is 0.118. The highest BCUT2D eigenvalue weighted by molar-refractivity contribution is 14.0. The standard InChI is InChI=1S/C14H21N3O.HI/c1-10-6-11(2)8-12(7-10)17-14(15)16-9-13-4-3-5-18-13;/h6-8,13H,3-5,9H2,1-2H3,(H3,15,16,17);1H. The number of hydrogen-bond acceptors (Lipinski definition) is 2. The highest BCUT2D eigenvalue weighted by Crippen LogP contribution is 2.14. The molecule has 1 aromatic carbocycles. The number of anilines is 1. The first-order chi connectivity index (χ1) is 8.63. The molecule has 0 radical (unpaired) electrons. The highest BCUT2D eigenvalue weighted by Gasteiger charge is 2.14. The first-order valence-electron chi connectivity index (χ1n) is 6.40. The van der Waals surface area contributed by atoms with Gasteiger partial charge in [-0.15, -0.1) is 24.0 Å². The van der Waals surface area contributed by atoms with Crippen molar-refractivity contribution in [3.63, 3.8) is 0 Å². The van der Waals surface area contributed by atoms with Gasteiger partial charge in [0.2, 0.25) is 0 Å². The van der Waals surface area contributed by atoms with E-state index in [4.69, 9.17) is 10.5 Å². The van der Waals surface area contributed by atoms with Crippen molar-refractivity contribution >= 4 is 35.6 Å². The largest absolute Gasteiger partial charge is 0.376 e. The molecule has 1 heterocycles. The number of ether oxygens (including phenoxy) is 1. The third kappa shape index (κ3) is 5.36. The summed E-state index contributed by atoms with van der Waals surface area (Å²) in [5.74, 6) is 0.454. The lowest BCUT2D eigenvalue weighted by Gasteiger charge is -2.09. The molecule has 1 aromatic rings. The van der Waals surface area contributed by atoms with Gasteiger partial charge in [-0.2, -0.15) is 0 Å². The Labute approximate surface area is 131 Å². The van der Waals surface area contributed by atoms with E-state index in [1.54, 1.807) is 0 Å². The van der Waals surface area contributed by atoms with Crippen LogP contribution < -0.4 is 11.1 Å². The molecule has 0 amide bonds. The Morgan fingerprint density at radius 2 is 2.05 bits per heavy atom. The van der Waals surface area contributed by atoms with Gasteiger partial charge in [-0.05, 0) is 49.9 Å². The number of hydrogen-bond donors (Lipinski definition) is 2. The number of nitrogens with one attached hydrogen (secondary N) is 1. The molecule has 2 rings (SSSR count). The number of halogens is 1. The van der Waals surface area contributed by atoms with Gasteiger partial charge in [0.1, 0.15) is 0 Å². The predicted octanol–water partition coefficient (Wildman–Crippen LogP) is 2.83. The van der Waals surface area contributed by atoms with Crippen LogP contribution in [0.4, 0.5) is 5.69 Å². The van der Waals surface area contributed by atoms with Gasteiger partial charge in [0.05, 0.1) is 12.6 Å². The number of aryl methyl sites for hydroxylation is 2. The molecule has 1 unspecified atom stereocenters. The number of nitrogens with two attached hydrogens (primary N) is 1. The fourth-order valence-electron chi connectivity index (χ4n) is 2.22. The van der Waals surface area contributed by atoms with Crippen LogP contribution in [0.2, 0.25) is 0 Å². The van der Waals surface area contributed by atoms with Crippen molar-refractivity contribution in [3.8, 4) is 0 Å². The zero-order valence-corrected chi connectivity index (χ0v) is 13.8. The Balaban J connectivity index is 0.00000180. The molecule has 5 heteroatoms. The summed E-state index contributed by atoms with van der Waals surface area (Å²) in [5, 5.41) is 3.12. The predicted molar refractivity (Wildman–Crippen MR) is 90.4 cm³/mol. The lowest BCUT2D eigenvalue weighted by atomic mass is 10.1. The molecule has 0 spiro atoms. The van der Waals surface area contributed by atoms with Crippen molar-refractivity contribution in [2.24, 2.45) is 10.7 Å². The molecule has 106 valence electrons. The van der Waals surface area contributed by atoms with Crippen LogP contribution in [0.25, 0.3) is 0 Å². The SMILES string of the molecule is Cc1cc(C)cc(NC(N)=NCC2CCCO2)c1.I. The van der Waals surface area contributed by atoms with Crippen LogP contribution in [0.15, 0.2) is 23.2 Å². The zero-order chi connectivity index (χ0) is 13.0. The summed E-state index contributed by atoms with van der Waals surface area (Å²) in [4.78, 5) is 4.32. The zero-order valence-electron chi connectivity index (χ0n) is 11.5. The minimum Gasteiger partial charge on any atom is -0.376 e. The van der Waals surface area contributed by atoms with E-state index in [9.17, 15) is 0 Å². The van der Waals surface area contributed by atoms with Crippen LogP contribution in [-0.4, -0.2) is 25.2 Å². The first kappa shape index (κ1) is 16.2. The van der Waals surface area contributed by atoms with Gasteiger partial charge in [-0.1, -0.05) is 6.07 Å². The van der Waals surface area contributed by atoms with Crippen LogP contribution in [0, 0.1) is 13.8 Å². The van der Waals surface area contributed by atoms with Crippen LogP contribution in [0.3, 0.4) is 0 Å². The number of aliphatic imine (C=N–C) groups is 1. The minimum absolute atomic E-state index is 0. The average Bonchev–Trinajstić information content (AvgIpc) is 2.77. The molecule has 3 N–H and O–H groups in total. The fraction of sp³-hybridized carbons (Fsp3) is 0.500. The summed E-state index contributed by atoms with van der Waals surface area (Å²) in [6.45, 7) is 5.63. The Morgan fingerprint density at radius 3 is 2.63 bits per heavy atom. The molecule has 0 aliphatic carbocycles. The van der Waals surface area contributed by atoms with E-state index >= 15 is 0 Å². The molecule has 1 fully saturated rings.